The van der Waals surface area contributed by atoms with Gasteiger partial charge in [-0.15, -0.1) is 0 Å². The molecule has 1 heterocycles. The summed E-state index contributed by atoms with van der Waals surface area (Å²) in [7, 11) is 0. The highest BCUT2D eigenvalue weighted by Gasteiger charge is 2.09. The maximum Gasteiger partial charge on any atom is 0.260 e. The number of hydrogen-bond acceptors (Lipinski definition) is 3. The van der Waals surface area contributed by atoms with Crippen LogP contribution in [0.1, 0.15) is 17.0 Å². The van der Waals surface area contributed by atoms with Crippen LogP contribution in [0, 0.1) is 13.8 Å². The highest BCUT2D eigenvalue weighted by atomic mass is 79.9. The van der Waals surface area contributed by atoms with E-state index >= 15 is 0 Å². The Morgan fingerprint density at radius 1 is 1.14 bits per heavy atom. The quantitative estimate of drug-likeness (QED) is 0.809. The van der Waals surface area contributed by atoms with E-state index in [0.717, 1.165) is 21.4 Å². The first kappa shape index (κ1) is 16.2. The van der Waals surface area contributed by atoms with Gasteiger partial charge in [0.2, 0.25) is 5.91 Å². The number of aromatic nitrogens is 2. The number of carbonyl (C=O) groups excluding carboxylic acids is 2. The summed E-state index contributed by atoms with van der Waals surface area (Å²) in [6.07, 6.45) is 0.202. The van der Waals surface area contributed by atoms with E-state index in [1.54, 1.807) is 4.68 Å². The fraction of sp³-hybridized carbons (Fsp3) is 0.267. The first-order valence-electron chi connectivity index (χ1n) is 6.77. The fourth-order valence-corrected chi connectivity index (χ4v) is 2.25. The number of nitrogens with one attached hydrogen (secondary N) is 2. The summed E-state index contributed by atoms with van der Waals surface area (Å²) >= 11 is 3.33. The summed E-state index contributed by atoms with van der Waals surface area (Å²) in [6, 6.07) is 9.32. The van der Waals surface area contributed by atoms with Crippen LogP contribution in [0.3, 0.4) is 0 Å². The molecule has 2 aromatic rings. The van der Waals surface area contributed by atoms with Crippen molar-refractivity contribution in [3.63, 3.8) is 0 Å². The molecule has 0 aliphatic heterocycles. The second kappa shape index (κ2) is 7.22. The van der Waals surface area contributed by atoms with E-state index in [4.69, 9.17) is 0 Å². The number of hydrazine groups is 1. The van der Waals surface area contributed by atoms with Gasteiger partial charge in [-0.05, 0) is 37.6 Å². The van der Waals surface area contributed by atoms with Crippen molar-refractivity contribution in [2.45, 2.75) is 26.8 Å². The van der Waals surface area contributed by atoms with E-state index in [2.05, 4.69) is 31.9 Å². The average Bonchev–Trinajstić information content (AvgIpc) is 2.77. The van der Waals surface area contributed by atoms with Crippen LogP contribution in [0.4, 0.5) is 0 Å². The van der Waals surface area contributed by atoms with Crippen molar-refractivity contribution in [2.75, 3.05) is 0 Å². The van der Waals surface area contributed by atoms with E-state index in [9.17, 15) is 9.59 Å². The van der Waals surface area contributed by atoms with Crippen LogP contribution in [0.15, 0.2) is 34.8 Å². The summed E-state index contributed by atoms with van der Waals surface area (Å²) in [4.78, 5) is 23.5. The minimum absolute atomic E-state index is 0.0677. The van der Waals surface area contributed by atoms with Crippen molar-refractivity contribution in [2.24, 2.45) is 0 Å². The number of carbonyl (C=O) groups is 2. The number of nitrogens with zero attached hydrogens (tertiary/aromatic N) is 2. The van der Waals surface area contributed by atoms with Gasteiger partial charge in [0.25, 0.3) is 5.91 Å². The topological polar surface area (TPSA) is 76.0 Å². The number of halogens is 1. The molecule has 0 aliphatic rings. The average molecular weight is 365 g/mol. The van der Waals surface area contributed by atoms with Crippen molar-refractivity contribution in [3.05, 3.63) is 51.8 Å². The Balaban J connectivity index is 1.79. The van der Waals surface area contributed by atoms with Crippen LogP contribution in [0.2, 0.25) is 0 Å². The molecular formula is C15H17BrN4O2. The second-order valence-corrected chi connectivity index (χ2v) is 5.90. The molecule has 7 heteroatoms. The summed E-state index contributed by atoms with van der Waals surface area (Å²) in [5.74, 6) is -0.598. The molecule has 0 saturated heterocycles. The molecule has 0 aliphatic carbocycles. The smallest absolute Gasteiger partial charge is 0.260 e. The van der Waals surface area contributed by atoms with Crippen LogP contribution in [-0.2, 0) is 22.6 Å². The minimum atomic E-state index is -0.324. The fourth-order valence-electron chi connectivity index (χ4n) is 1.98. The molecule has 0 spiro atoms. The van der Waals surface area contributed by atoms with Crippen molar-refractivity contribution < 1.29 is 9.59 Å². The Morgan fingerprint density at radius 3 is 2.36 bits per heavy atom. The SMILES string of the molecule is Cc1cc(C)n(CC(=O)NNC(=O)Cc2ccc(Br)cc2)n1. The van der Waals surface area contributed by atoms with Gasteiger partial charge in [-0.3, -0.25) is 25.1 Å². The molecule has 0 bridgehead atoms. The normalized spacial score (nSPS) is 10.3. The van der Waals surface area contributed by atoms with Gasteiger partial charge < -0.3 is 0 Å². The maximum atomic E-state index is 11.8. The predicted octanol–water partition coefficient (Wildman–Crippen LogP) is 1.65. The molecule has 116 valence electrons. The van der Waals surface area contributed by atoms with Gasteiger partial charge in [-0.1, -0.05) is 28.1 Å². The molecule has 1 aromatic carbocycles. The van der Waals surface area contributed by atoms with E-state index in [0.29, 0.717) is 0 Å². The van der Waals surface area contributed by atoms with Crippen LogP contribution < -0.4 is 10.9 Å². The van der Waals surface area contributed by atoms with E-state index in [1.165, 1.54) is 0 Å². The molecule has 22 heavy (non-hydrogen) atoms. The zero-order valence-corrected chi connectivity index (χ0v) is 14.0. The van der Waals surface area contributed by atoms with Gasteiger partial charge >= 0.3 is 0 Å². The highest BCUT2D eigenvalue weighted by Crippen LogP contribution is 2.10. The summed E-state index contributed by atoms with van der Waals surface area (Å²) < 4.78 is 2.54. The first-order chi connectivity index (χ1) is 10.4. The third-order valence-corrected chi connectivity index (χ3v) is 3.54. The molecule has 0 unspecified atom stereocenters. The van der Waals surface area contributed by atoms with Crippen LogP contribution in [0.25, 0.3) is 0 Å². The van der Waals surface area contributed by atoms with Crippen LogP contribution in [0.5, 0.6) is 0 Å². The third kappa shape index (κ3) is 4.70. The molecule has 1 aromatic heterocycles. The molecule has 2 rings (SSSR count). The van der Waals surface area contributed by atoms with E-state index < -0.39 is 0 Å². The Hall–Kier alpha value is -2.15. The number of benzene rings is 1. The lowest BCUT2D eigenvalue weighted by Gasteiger charge is -2.08. The lowest BCUT2D eigenvalue weighted by molar-refractivity contribution is -0.129. The molecule has 2 N–H and O–H groups in total. The molecule has 0 atom stereocenters. The highest BCUT2D eigenvalue weighted by molar-refractivity contribution is 9.10. The number of hydrogen-bond donors (Lipinski definition) is 2. The molecular weight excluding hydrogens is 348 g/mol. The van der Waals surface area contributed by atoms with Crippen molar-refractivity contribution in [1.82, 2.24) is 20.6 Å². The summed E-state index contributed by atoms with van der Waals surface area (Å²) in [6.45, 7) is 3.80. The van der Waals surface area contributed by atoms with Crippen molar-refractivity contribution in [3.8, 4) is 0 Å². The van der Waals surface area contributed by atoms with Crippen LogP contribution in [-0.4, -0.2) is 21.6 Å². The molecule has 0 fully saturated rings. The molecule has 0 radical (unpaired) electrons. The molecule has 2 amide bonds. The Morgan fingerprint density at radius 2 is 1.77 bits per heavy atom. The Labute approximate surface area is 137 Å². The zero-order chi connectivity index (χ0) is 16.1. The molecule has 0 saturated carbocycles. The van der Waals surface area contributed by atoms with Crippen LogP contribution >= 0.6 is 15.9 Å². The van der Waals surface area contributed by atoms with Gasteiger partial charge in [0.15, 0.2) is 0 Å². The Bertz CT molecular complexity index is 679. The lowest BCUT2D eigenvalue weighted by Crippen LogP contribution is -2.44. The summed E-state index contributed by atoms with van der Waals surface area (Å²) in [5.41, 5.74) is 7.41. The van der Waals surface area contributed by atoms with Gasteiger partial charge in [0.1, 0.15) is 6.54 Å². The van der Waals surface area contributed by atoms with Crippen molar-refractivity contribution in [1.29, 1.82) is 0 Å². The third-order valence-electron chi connectivity index (χ3n) is 3.02. The number of aryl methyl sites for hydroxylation is 2. The van der Waals surface area contributed by atoms with E-state index in [-0.39, 0.29) is 24.8 Å². The summed E-state index contributed by atoms with van der Waals surface area (Å²) in [5, 5.41) is 4.19. The van der Waals surface area contributed by atoms with Gasteiger partial charge in [-0.25, -0.2) is 0 Å². The Kier molecular flexibility index (Phi) is 5.32. The maximum absolute atomic E-state index is 11.8. The number of rotatable bonds is 4. The number of amides is 2. The minimum Gasteiger partial charge on any atom is -0.273 e. The monoisotopic (exact) mass is 364 g/mol. The van der Waals surface area contributed by atoms with Gasteiger partial charge in [-0.2, -0.15) is 5.10 Å². The largest absolute Gasteiger partial charge is 0.273 e. The molecule has 6 nitrogen and oxygen atoms in total. The van der Waals surface area contributed by atoms with Crippen molar-refractivity contribution >= 4 is 27.7 Å². The first-order valence-corrected chi connectivity index (χ1v) is 7.56. The lowest BCUT2D eigenvalue weighted by atomic mass is 10.1. The van der Waals surface area contributed by atoms with Gasteiger partial charge in [0, 0.05) is 10.2 Å². The second-order valence-electron chi connectivity index (χ2n) is 4.98. The predicted molar refractivity (Wildman–Crippen MR) is 85.8 cm³/mol. The standard InChI is InChI=1S/C15H17BrN4O2/c1-10-7-11(2)20(19-10)9-15(22)18-17-14(21)8-12-3-5-13(16)6-4-12/h3-7H,8-9H2,1-2H3,(H,17,21)(H,18,22). The van der Waals surface area contributed by atoms with Gasteiger partial charge in [0.05, 0.1) is 12.1 Å². The van der Waals surface area contributed by atoms with E-state index in [1.807, 2.05) is 44.2 Å². The zero-order valence-electron chi connectivity index (χ0n) is 12.4.